The summed E-state index contributed by atoms with van der Waals surface area (Å²) in [5.74, 6) is -0.921. The van der Waals surface area contributed by atoms with Gasteiger partial charge in [-0.1, -0.05) is 6.92 Å². The van der Waals surface area contributed by atoms with Crippen LogP contribution in [0.4, 0.5) is 0 Å². The van der Waals surface area contributed by atoms with Gasteiger partial charge in [0, 0.05) is 6.54 Å². The third-order valence-corrected chi connectivity index (χ3v) is 5.09. The fourth-order valence-electron chi connectivity index (χ4n) is 1.33. The van der Waals surface area contributed by atoms with Gasteiger partial charge in [-0.3, -0.25) is 9.69 Å². The first kappa shape index (κ1) is 16.4. The Morgan fingerprint density at radius 2 is 1.76 bits per heavy atom. The minimum Gasteiger partial charge on any atom is -0.480 e. The molecule has 0 saturated carbocycles. The van der Waals surface area contributed by atoms with Gasteiger partial charge in [0.05, 0.1) is 17.0 Å². The second-order valence-electron chi connectivity index (χ2n) is 5.10. The molecule has 102 valence electrons. The summed E-state index contributed by atoms with van der Waals surface area (Å²) in [5.41, 5.74) is 0. The quantitative estimate of drug-likeness (QED) is 0.743. The van der Waals surface area contributed by atoms with Gasteiger partial charge in [0.25, 0.3) is 0 Å². The number of carbonyl (C=O) groups is 1. The minimum atomic E-state index is -3.18. The summed E-state index contributed by atoms with van der Waals surface area (Å²) in [6.07, 6.45) is 0.808. The van der Waals surface area contributed by atoms with Gasteiger partial charge in [-0.2, -0.15) is 0 Å². The van der Waals surface area contributed by atoms with Gasteiger partial charge in [-0.25, -0.2) is 8.42 Å². The first-order valence-corrected chi connectivity index (χ1v) is 7.42. The molecule has 0 fully saturated rings. The normalized spacial score (nSPS) is 13.0. The Morgan fingerprint density at radius 1 is 1.24 bits per heavy atom. The van der Waals surface area contributed by atoms with Crippen molar-refractivity contribution in [1.29, 1.82) is 0 Å². The van der Waals surface area contributed by atoms with Gasteiger partial charge in [-0.05, 0) is 33.7 Å². The number of rotatable bonds is 7. The summed E-state index contributed by atoms with van der Waals surface area (Å²) in [6.45, 7) is 7.68. The number of carboxylic acids is 1. The molecule has 0 rings (SSSR count). The fourth-order valence-corrected chi connectivity index (χ4v) is 2.44. The molecule has 1 N–H and O–H groups in total. The second kappa shape index (κ2) is 6.35. The van der Waals surface area contributed by atoms with Crippen LogP contribution in [-0.4, -0.2) is 54.5 Å². The Labute approximate surface area is 104 Å². The SMILES string of the molecule is CCCN(CCS(=O)(=O)C(C)(C)C)CC(=O)O. The third-order valence-electron chi connectivity index (χ3n) is 2.51. The van der Waals surface area contributed by atoms with Gasteiger partial charge in [0.2, 0.25) is 0 Å². The van der Waals surface area contributed by atoms with Crippen molar-refractivity contribution in [2.75, 3.05) is 25.4 Å². The van der Waals surface area contributed by atoms with E-state index in [-0.39, 0.29) is 18.8 Å². The van der Waals surface area contributed by atoms with E-state index in [0.29, 0.717) is 6.54 Å². The van der Waals surface area contributed by atoms with Crippen molar-refractivity contribution in [3.05, 3.63) is 0 Å². The van der Waals surface area contributed by atoms with Gasteiger partial charge in [0.1, 0.15) is 0 Å². The highest BCUT2D eigenvalue weighted by Crippen LogP contribution is 2.15. The van der Waals surface area contributed by atoms with Crippen LogP contribution in [0.1, 0.15) is 34.1 Å². The lowest BCUT2D eigenvalue weighted by molar-refractivity contribution is -0.138. The van der Waals surface area contributed by atoms with Crippen molar-refractivity contribution in [1.82, 2.24) is 4.90 Å². The number of nitrogens with zero attached hydrogens (tertiary/aromatic N) is 1. The Balaban J connectivity index is 4.45. The third kappa shape index (κ3) is 6.02. The Morgan fingerprint density at radius 3 is 2.12 bits per heavy atom. The average Bonchev–Trinajstić information content (AvgIpc) is 2.12. The Hall–Kier alpha value is -0.620. The predicted molar refractivity (Wildman–Crippen MR) is 67.9 cm³/mol. The number of aliphatic carboxylic acids is 1. The van der Waals surface area contributed by atoms with Crippen LogP contribution >= 0.6 is 0 Å². The maximum absolute atomic E-state index is 11.9. The molecule has 0 aromatic rings. The van der Waals surface area contributed by atoms with Crippen molar-refractivity contribution in [2.24, 2.45) is 0 Å². The van der Waals surface area contributed by atoms with Crippen LogP contribution < -0.4 is 0 Å². The van der Waals surface area contributed by atoms with Crippen LogP contribution in [0, 0.1) is 0 Å². The molecule has 0 atom stereocenters. The maximum atomic E-state index is 11.9. The summed E-state index contributed by atoms with van der Waals surface area (Å²) < 4.78 is 23.0. The fraction of sp³-hybridized carbons (Fsp3) is 0.909. The second-order valence-corrected chi connectivity index (χ2v) is 7.96. The van der Waals surface area contributed by atoms with E-state index in [1.54, 1.807) is 25.7 Å². The number of hydrogen-bond acceptors (Lipinski definition) is 4. The molecule has 6 heteroatoms. The molecule has 0 aliphatic heterocycles. The van der Waals surface area contributed by atoms with Crippen LogP contribution in [0.3, 0.4) is 0 Å². The van der Waals surface area contributed by atoms with Gasteiger partial charge >= 0.3 is 5.97 Å². The van der Waals surface area contributed by atoms with Crippen molar-refractivity contribution in [3.63, 3.8) is 0 Å². The number of carboxylic acid groups (broad SMARTS) is 1. The summed E-state index contributed by atoms with van der Waals surface area (Å²) in [5, 5.41) is 8.71. The van der Waals surface area contributed by atoms with Crippen LogP contribution in [0.15, 0.2) is 0 Å². The molecule has 0 heterocycles. The molecule has 0 bridgehead atoms. The van der Waals surface area contributed by atoms with Gasteiger partial charge in [0.15, 0.2) is 9.84 Å². The monoisotopic (exact) mass is 265 g/mol. The molecular formula is C11H23NO4S. The number of hydrogen-bond donors (Lipinski definition) is 1. The molecule has 0 aromatic heterocycles. The summed E-state index contributed by atoms with van der Waals surface area (Å²) >= 11 is 0. The van der Waals surface area contributed by atoms with Crippen molar-refractivity contribution < 1.29 is 18.3 Å². The lowest BCUT2D eigenvalue weighted by atomic mass is 10.3. The average molecular weight is 265 g/mol. The summed E-state index contributed by atoms with van der Waals surface area (Å²) in [7, 11) is -3.18. The zero-order valence-electron chi connectivity index (χ0n) is 11.1. The molecule has 5 nitrogen and oxygen atoms in total. The van der Waals surface area contributed by atoms with Crippen LogP contribution in [0.2, 0.25) is 0 Å². The Kier molecular flexibility index (Phi) is 6.12. The van der Waals surface area contributed by atoms with E-state index in [2.05, 4.69) is 0 Å². The van der Waals surface area contributed by atoms with Crippen molar-refractivity contribution in [2.45, 2.75) is 38.9 Å². The predicted octanol–water partition coefficient (Wildman–Crippen LogP) is 0.996. The van der Waals surface area contributed by atoms with Gasteiger partial charge < -0.3 is 5.11 Å². The van der Waals surface area contributed by atoms with Gasteiger partial charge in [-0.15, -0.1) is 0 Å². The Bertz CT molecular complexity index is 343. The van der Waals surface area contributed by atoms with Crippen molar-refractivity contribution >= 4 is 15.8 Å². The smallest absolute Gasteiger partial charge is 0.317 e. The highest BCUT2D eigenvalue weighted by Gasteiger charge is 2.29. The van der Waals surface area contributed by atoms with E-state index in [1.165, 1.54) is 0 Å². The molecule has 0 aliphatic carbocycles. The molecule has 0 saturated heterocycles. The molecule has 0 aromatic carbocycles. The van der Waals surface area contributed by atoms with E-state index in [9.17, 15) is 13.2 Å². The highest BCUT2D eigenvalue weighted by atomic mass is 32.2. The van der Waals surface area contributed by atoms with Crippen LogP contribution in [0.25, 0.3) is 0 Å². The highest BCUT2D eigenvalue weighted by molar-refractivity contribution is 7.92. The molecule has 0 radical (unpaired) electrons. The first-order valence-electron chi connectivity index (χ1n) is 5.76. The minimum absolute atomic E-state index is 0.00375. The standard InChI is InChI=1S/C11H23NO4S/c1-5-6-12(9-10(13)14)7-8-17(15,16)11(2,3)4/h5-9H2,1-4H3,(H,13,14). The summed E-state index contributed by atoms with van der Waals surface area (Å²) in [6, 6.07) is 0. The largest absolute Gasteiger partial charge is 0.480 e. The zero-order chi connectivity index (χ0) is 13.7. The van der Waals surface area contributed by atoms with E-state index in [1.807, 2.05) is 6.92 Å². The lowest BCUT2D eigenvalue weighted by Crippen LogP contribution is -2.39. The maximum Gasteiger partial charge on any atom is 0.317 e. The molecule has 0 amide bonds. The van der Waals surface area contributed by atoms with E-state index in [4.69, 9.17) is 5.11 Å². The van der Waals surface area contributed by atoms with Crippen molar-refractivity contribution in [3.8, 4) is 0 Å². The summed E-state index contributed by atoms with van der Waals surface area (Å²) in [4.78, 5) is 12.3. The lowest BCUT2D eigenvalue weighted by Gasteiger charge is -2.23. The number of sulfone groups is 1. The topological polar surface area (TPSA) is 74.7 Å². The van der Waals surface area contributed by atoms with E-state index in [0.717, 1.165) is 6.42 Å². The van der Waals surface area contributed by atoms with E-state index >= 15 is 0 Å². The zero-order valence-corrected chi connectivity index (χ0v) is 11.9. The molecule has 17 heavy (non-hydrogen) atoms. The van der Waals surface area contributed by atoms with E-state index < -0.39 is 20.6 Å². The molecule has 0 aliphatic rings. The first-order chi connectivity index (χ1) is 7.60. The van der Waals surface area contributed by atoms with Crippen LogP contribution in [-0.2, 0) is 14.6 Å². The molecule has 0 unspecified atom stereocenters. The molecule has 0 spiro atoms. The molecular weight excluding hydrogens is 242 g/mol. The van der Waals surface area contributed by atoms with Crippen LogP contribution in [0.5, 0.6) is 0 Å².